The lowest BCUT2D eigenvalue weighted by atomic mass is 10.3. The van der Waals surface area contributed by atoms with Crippen LogP contribution in [-0.2, 0) is 0 Å². The summed E-state index contributed by atoms with van der Waals surface area (Å²) in [6.07, 6.45) is 1.58. The van der Waals surface area contributed by atoms with Crippen molar-refractivity contribution in [3.63, 3.8) is 0 Å². The molecule has 0 saturated carbocycles. The lowest BCUT2D eigenvalue weighted by molar-refractivity contribution is 0.317. The van der Waals surface area contributed by atoms with Crippen LogP contribution >= 0.6 is 24.2 Å². The fraction of sp³-hybridized carbons (Fsp3) is 0.300. The third-order valence-corrected chi connectivity index (χ3v) is 2.82. The molecule has 1 aromatic rings. The smallest absolute Gasteiger partial charge is 0.139 e. The number of amidine groups is 1. The number of hydrogen-bond acceptors (Lipinski definition) is 3. The van der Waals surface area contributed by atoms with Gasteiger partial charge in [-0.3, -0.25) is 0 Å². The average molecular weight is 247 g/mol. The number of oxime groups is 1. The molecular formula is C10H15ClN2OS. The predicted molar refractivity (Wildman–Crippen MR) is 67.1 cm³/mol. The molecule has 0 amide bonds. The summed E-state index contributed by atoms with van der Waals surface area (Å²) in [5, 5.41) is 11.2. The molecule has 0 aliphatic rings. The van der Waals surface area contributed by atoms with Crippen molar-refractivity contribution in [2.24, 2.45) is 10.9 Å². The van der Waals surface area contributed by atoms with Crippen molar-refractivity contribution in [3.05, 3.63) is 30.3 Å². The fourth-order valence-corrected chi connectivity index (χ4v) is 1.88. The molecule has 0 aliphatic carbocycles. The predicted octanol–water partition coefficient (Wildman–Crippen LogP) is 2.73. The van der Waals surface area contributed by atoms with Gasteiger partial charge >= 0.3 is 0 Å². The van der Waals surface area contributed by atoms with E-state index in [4.69, 9.17) is 10.9 Å². The first-order chi connectivity index (χ1) is 6.83. The zero-order valence-electron chi connectivity index (χ0n) is 8.30. The maximum absolute atomic E-state index is 8.31. The number of thioether (sulfide) groups is 1. The highest BCUT2D eigenvalue weighted by atomic mass is 35.5. The van der Waals surface area contributed by atoms with Crippen molar-refractivity contribution >= 4 is 30.0 Å². The minimum absolute atomic E-state index is 0. The summed E-state index contributed by atoms with van der Waals surface area (Å²) in [5.41, 5.74) is 5.34. The molecule has 0 bridgehead atoms. The van der Waals surface area contributed by atoms with E-state index >= 15 is 0 Å². The molecule has 15 heavy (non-hydrogen) atoms. The molecule has 3 nitrogen and oxygen atoms in total. The van der Waals surface area contributed by atoms with E-state index in [1.165, 1.54) is 4.90 Å². The third kappa shape index (κ3) is 6.25. The van der Waals surface area contributed by atoms with Crippen LogP contribution in [0.1, 0.15) is 12.8 Å². The van der Waals surface area contributed by atoms with Crippen molar-refractivity contribution in [2.75, 3.05) is 5.75 Å². The van der Waals surface area contributed by atoms with Gasteiger partial charge in [-0.2, -0.15) is 0 Å². The Balaban J connectivity index is 0.00000196. The number of rotatable bonds is 5. The van der Waals surface area contributed by atoms with Gasteiger partial charge in [0.15, 0.2) is 0 Å². The van der Waals surface area contributed by atoms with Crippen LogP contribution in [0.3, 0.4) is 0 Å². The van der Waals surface area contributed by atoms with Crippen molar-refractivity contribution in [1.82, 2.24) is 0 Å². The lowest BCUT2D eigenvalue weighted by Crippen LogP contribution is -2.11. The Kier molecular flexibility index (Phi) is 7.95. The van der Waals surface area contributed by atoms with Gasteiger partial charge in [0.1, 0.15) is 5.84 Å². The average Bonchev–Trinajstić information content (AvgIpc) is 2.25. The molecule has 5 heteroatoms. The van der Waals surface area contributed by atoms with E-state index in [9.17, 15) is 0 Å². The van der Waals surface area contributed by atoms with E-state index in [2.05, 4.69) is 17.3 Å². The maximum Gasteiger partial charge on any atom is 0.139 e. The van der Waals surface area contributed by atoms with Gasteiger partial charge in [-0.25, -0.2) is 0 Å². The number of benzene rings is 1. The zero-order valence-corrected chi connectivity index (χ0v) is 9.93. The standard InChI is InChI=1S/C10H14N2OS.ClH/c11-10(12-13)7-4-8-14-9-5-2-1-3-6-9;/h1-3,5-6,13H,4,7-8H2,(H2,11,12);1H. The number of hydrogen-bond donors (Lipinski definition) is 2. The molecule has 0 unspecified atom stereocenters. The molecule has 0 saturated heterocycles. The van der Waals surface area contributed by atoms with Crippen molar-refractivity contribution < 1.29 is 5.21 Å². The maximum atomic E-state index is 8.31. The van der Waals surface area contributed by atoms with E-state index in [1.54, 1.807) is 11.8 Å². The Morgan fingerprint density at radius 3 is 2.60 bits per heavy atom. The summed E-state index contributed by atoms with van der Waals surface area (Å²) in [5.74, 6) is 1.29. The van der Waals surface area contributed by atoms with Gasteiger partial charge in [-0.1, -0.05) is 23.4 Å². The highest BCUT2D eigenvalue weighted by molar-refractivity contribution is 7.99. The Hall–Kier alpha value is -0.870. The summed E-state index contributed by atoms with van der Waals surface area (Å²) in [6, 6.07) is 10.2. The Morgan fingerprint density at radius 2 is 2.00 bits per heavy atom. The second-order valence-corrected chi connectivity index (χ2v) is 4.02. The van der Waals surface area contributed by atoms with Crippen molar-refractivity contribution in [3.8, 4) is 0 Å². The molecular weight excluding hydrogens is 232 g/mol. The van der Waals surface area contributed by atoms with E-state index in [1.807, 2.05) is 18.2 Å². The molecule has 84 valence electrons. The highest BCUT2D eigenvalue weighted by Crippen LogP contribution is 2.18. The molecule has 0 atom stereocenters. The molecule has 1 aromatic carbocycles. The molecule has 3 N–H and O–H groups in total. The van der Waals surface area contributed by atoms with Crippen LogP contribution < -0.4 is 5.73 Å². The van der Waals surface area contributed by atoms with Crippen LogP contribution in [0.5, 0.6) is 0 Å². The monoisotopic (exact) mass is 246 g/mol. The van der Waals surface area contributed by atoms with E-state index < -0.39 is 0 Å². The van der Waals surface area contributed by atoms with Gasteiger partial charge in [-0.05, 0) is 24.3 Å². The second-order valence-electron chi connectivity index (χ2n) is 2.86. The Morgan fingerprint density at radius 1 is 1.33 bits per heavy atom. The fourth-order valence-electron chi connectivity index (χ4n) is 1.01. The zero-order chi connectivity index (χ0) is 10.2. The van der Waals surface area contributed by atoms with E-state index in [-0.39, 0.29) is 12.4 Å². The SMILES string of the molecule is Cl.NC(CCCSc1ccccc1)=NO. The Labute approximate surface area is 100 Å². The summed E-state index contributed by atoms with van der Waals surface area (Å²) in [7, 11) is 0. The molecule has 0 heterocycles. The quantitative estimate of drug-likeness (QED) is 0.210. The topological polar surface area (TPSA) is 58.6 Å². The van der Waals surface area contributed by atoms with Gasteiger partial charge in [-0.15, -0.1) is 24.2 Å². The minimum Gasteiger partial charge on any atom is -0.409 e. The number of nitrogens with zero attached hydrogens (tertiary/aromatic N) is 1. The van der Waals surface area contributed by atoms with Crippen LogP contribution in [0, 0.1) is 0 Å². The van der Waals surface area contributed by atoms with E-state index in [0.717, 1.165) is 12.2 Å². The van der Waals surface area contributed by atoms with Crippen LogP contribution in [-0.4, -0.2) is 16.8 Å². The lowest BCUT2D eigenvalue weighted by Gasteiger charge is -2.00. The molecule has 0 fully saturated rings. The van der Waals surface area contributed by atoms with Crippen LogP contribution in [0.4, 0.5) is 0 Å². The first kappa shape index (κ1) is 14.1. The summed E-state index contributed by atoms with van der Waals surface area (Å²) in [4.78, 5) is 1.26. The summed E-state index contributed by atoms with van der Waals surface area (Å²) >= 11 is 1.78. The Bertz CT molecular complexity index is 293. The van der Waals surface area contributed by atoms with Gasteiger partial charge < -0.3 is 10.9 Å². The van der Waals surface area contributed by atoms with Crippen LogP contribution in [0.15, 0.2) is 40.4 Å². The highest BCUT2D eigenvalue weighted by Gasteiger charge is 1.95. The van der Waals surface area contributed by atoms with Crippen LogP contribution in [0.25, 0.3) is 0 Å². The molecule has 0 aromatic heterocycles. The van der Waals surface area contributed by atoms with Gasteiger partial charge in [0, 0.05) is 11.3 Å². The number of nitrogens with two attached hydrogens (primary N) is 1. The number of halogens is 1. The third-order valence-electron chi connectivity index (χ3n) is 1.72. The largest absolute Gasteiger partial charge is 0.409 e. The molecule has 0 spiro atoms. The summed E-state index contributed by atoms with van der Waals surface area (Å²) in [6.45, 7) is 0. The molecule has 0 radical (unpaired) electrons. The van der Waals surface area contributed by atoms with Gasteiger partial charge in [0.2, 0.25) is 0 Å². The van der Waals surface area contributed by atoms with Gasteiger partial charge in [0.25, 0.3) is 0 Å². The van der Waals surface area contributed by atoms with Crippen LogP contribution in [0.2, 0.25) is 0 Å². The minimum atomic E-state index is 0. The van der Waals surface area contributed by atoms with Crippen molar-refractivity contribution in [2.45, 2.75) is 17.7 Å². The second kappa shape index (κ2) is 8.44. The van der Waals surface area contributed by atoms with Gasteiger partial charge in [0.05, 0.1) is 0 Å². The summed E-state index contributed by atoms with van der Waals surface area (Å²) < 4.78 is 0. The molecule has 0 aliphatic heterocycles. The van der Waals surface area contributed by atoms with Crippen molar-refractivity contribution in [1.29, 1.82) is 0 Å². The normalized spacial score (nSPS) is 10.8. The first-order valence-corrected chi connectivity index (χ1v) is 5.45. The molecule has 1 rings (SSSR count). The van der Waals surface area contributed by atoms with E-state index in [0.29, 0.717) is 12.3 Å². The first-order valence-electron chi connectivity index (χ1n) is 4.47.